The van der Waals surface area contributed by atoms with Crippen molar-refractivity contribution in [3.8, 4) is 22.4 Å². The summed E-state index contributed by atoms with van der Waals surface area (Å²) in [5.74, 6) is 0. The van der Waals surface area contributed by atoms with E-state index in [1.54, 1.807) is 6.20 Å². The first kappa shape index (κ1) is 12.7. The molecule has 104 valence electrons. The minimum Gasteiger partial charge on any atom is -0.264 e. The molecule has 0 unspecified atom stereocenters. The second-order valence-electron chi connectivity index (χ2n) is 5.20. The maximum absolute atomic E-state index is 4.47. The second-order valence-corrected chi connectivity index (χ2v) is 5.20. The number of rotatable bonds is 2. The predicted molar refractivity (Wildman–Crippen MR) is 90.4 cm³/mol. The molecular weight excluding hydrogens is 268 g/mol. The van der Waals surface area contributed by atoms with E-state index in [0.29, 0.717) is 0 Å². The van der Waals surface area contributed by atoms with E-state index >= 15 is 0 Å². The number of hydrogen-bond donors (Lipinski definition) is 0. The smallest absolute Gasteiger partial charge is 0.0708 e. The van der Waals surface area contributed by atoms with Crippen LogP contribution in [0.25, 0.3) is 33.2 Å². The third-order valence-electron chi connectivity index (χ3n) is 3.82. The Morgan fingerprint density at radius 3 is 2.50 bits per heavy atom. The Bertz CT molecular complexity index is 916. The highest BCUT2D eigenvalue weighted by atomic mass is 14.7. The minimum absolute atomic E-state index is 1.00. The molecule has 2 nitrogen and oxygen atoms in total. The molecule has 22 heavy (non-hydrogen) atoms. The van der Waals surface area contributed by atoms with Gasteiger partial charge in [0.25, 0.3) is 0 Å². The monoisotopic (exact) mass is 282 g/mol. The average Bonchev–Trinajstić information content (AvgIpc) is 2.62. The van der Waals surface area contributed by atoms with Gasteiger partial charge in [-0.3, -0.25) is 9.97 Å². The van der Waals surface area contributed by atoms with Gasteiger partial charge in [0, 0.05) is 29.7 Å². The summed E-state index contributed by atoms with van der Waals surface area (Å²) < 4.78 is 0. The SMILES string of the molecule is c1ccc(-c2cccc3cc(-c4cccnc4)ccc23)nc1. The number of benzene rings is 2. The summed E-state index contributed by atoms with van der Waals surface area (Å²) in [4.78, 5) is 8.67. The maximum Gasteiger partial charge on any atom is 0.0708 e. The van der Waals surface area contributed by atoms with Crippen molar-refractivity contribution in [2.45, 2.75) is 0 Å². The summed E-state index contributed by atoms with van der Waals surface area (Å²) in [5, 5.41) is 2.43. The zero-order valence-corrected chi connectivity index (χ0v) is 12.0. The molecule has 0 atom stereocenters. The predicted octanol–water partition coefficient (Wildman–Crippen LogP) is 4.96. The van der Waals surface area contributed by atoms with Crippen LogP contribution in [0.4, 0.5) is 0 Å². The molecule has 2 heterocycles. The fraction of sp³-hybridized carbons (Fsp3) is 0. The van der Waals surface area contributed by atoms with Gasteiger partial charge in [0.05, 0.1) is 5.69 Å². The van der Waals surface area contributed by atoms with Gasteiger partial charge in [-0.2, -0.15) is 0 Å². The third kappa shape index (κ3) is 2.25. The van der Waals surface area contributed by atoms with Crippen molar-refractivity contribution in [3.63, 3.8) is 0 Å². The van der Waals surface area contributed by atoms with Crippen LogP contribution in [-0.2, 0) is 0 Å². The van der Waals surface area contributed by atoms with Crippen molar-refractivity contribution in [1.29, 1.82) is 0 Å². The Kier molecular flexibility index (Phi) is 3.13. The lowest BCUT2D eigenvalue weighted by atomic mass is 9.98. The van der Waals surface area contributed by atoms with E-state index in [9.17, 15) is 0 Å². The summed E-state index contributed by atoms with van der Waals surface area (Å²) in [7, 11) is 0. The summed E-state index contributed by atoms with van der Waals surface area (Å²) in [5.41, 5.74) is 4.48. The Balaban J connectivity index is 1.90. The molecule has 2 aromatic heterocycles. The lowest BCUT2D eigenvalue weighted by molar-refractivity contribution is 1.33. The Labute approximate surface area is 129 Å². The molecule has 4 rings (SSSR count). The highest BCUT2D eigenvalue weighted by molar-refractivity contribution is 5.97. The van der Waals surface area contributed by atoms with Gasteiger partial charge in [-0.25, -0.2) is 0 Å². The quantitative estimate of drug-likeness (QED) is 0.519. The first-order chi connectivity index (χ1) is 10.9. The standard InChI is InChI=1S/C20H14N2/c1-2-12-22-20(8-1)19-7-3-5-16-13-15(9-10-18(16)19)17-6-4-11-21-14-17/h1-14H. The minimum atomic E-state index is 1.00. The molecule has 0 bridgehead atoms. The summed E-state index contributed by atoms with van der Waals surface area (Å²) in [6.07, 6.45) is 5.52. The Hall–Kier alpha value is -3.00. The zero-order valence-electron chi connectivity index (χ0n) is 12.0. The fourth-order valence-electron chi connectivity index (χ4n) is 2.74. The first-order valence-electron chi connectivity index (χ1n) is 7.26. The van der Waals surface area contributed by atoms with Crippen LogP contribution in [0.15, 0.2) is 85.3 Å². The van der Waals surface area contributed by atoms with Gasteiger partial charge in [0.2, 0.25) is 0 Å². The van der Waals surface area contributed by atoms with Gasteiger partial charge in [0.1, 0.15) is 0 Å². The molecule has 2 aromatic carbocycles. The highest BCUT2D eigenvalue weighted by Gasteiger charge is 2.06. The van der Waals surface area contributed by atoms with Crippen LogP contribution in [-0.4, -0.2) is 9.97 Å². The van der Waals surface area contributed by atoms with Gasteiger partial charge in [0.15, 0.2) is 0 Å². The van der Waals surface area contributed by atoms with E-state index in [1.807, 2.05) is 36.7 Å². The van der Waals surface area contributed by atoms with Crippen LogP contribution in [0.2, 0.25) is 0 Å². The van der Waals surface area contributed by atoms with Gasteiger partial charge in [-0.1, -0.05) is 42.5 Å². The van der Waals surface area contributed by atoms with Crippen LogP contribution in [0.1, 0.15) is 0 Å². The Morgan fingerprint density at radius 1 is 0.682 bits per heavy atom. The fourth-order valence-corrected chi connectivity index (χ4v) is 2.74. The van der Waals surface area contributed by atoms with Crippen molar-refractivity contribution in [3.05, 3.63) is 85.3 Å². The molecule has 2 heteroatoms. The lowest BCUT2D eigenvalue weighted by Gasteiger charge is -2.08. The number of hydrogen-bond acceptors (Lipinski definition) is 2. The van der Waals surface area contributed by atoms with Crippen molar-refractivity contribution in [2.24, 2.45) is 0 Å². The number of fused-ring (bicyclic) bond motifs is 1. The van der Waals surface area contributed by atoms with Crippen molar-refractivity contribution >= 4 is 10.8 Å². The van der Waals surface area contributed by atoms with Crippen LogP contribution >= 0.6 is 0 Å². The summed E-state index contributed by atoms with van der Waals surface area (Å²) in [6.45, 7) is 0. The van der Waals surface area contributed by atoms with Gasteiger partial charge in [-0.05, 0) is 40.6 Å². The highest BCUT2D eigenvalue weighted by Crippen LogP contribution is 2.30. The number of nitrogens with zero attached hydrogens (tertiary/aromatic N) is 2. The molecule has 0 fully saturated rings. The van der Waals surface area contributed by atoms with Crippen LogP contribution in [0.3, 0.4) is 0 Å². The summed E-state index contributed by atoms with van der Waals surface area (Å²) in [6, 6.07) is 22.9. The van der Waals surface area contributed by atoms with E-state index in [2.05, 4.69) is 52.4 Å². The van der Waals surface area contributed by atoms with Gasteiger partial charge < -0.3 is 0 Å². The molecular formula is C20H14N2. The van der Waals surface area contributed by atoms with Crippen LogP contribution < -0.4 is 0 Å². The number of aromatic nitrogens is 2. The molecule has 0 aliphatic heterocycles. The molecule has 0 aliphatic carbocycles. The van der Waals surface area contributed by atoms with Crippen molar-refractivity contribution in [1.82, 2.24) is 9.97 Å². The molecule has 0 saturated carbocycles. The van der Waals surface area contributed by atoms with E-state index < -0.39 is 0 Å². The van der Waals surface area contributed by atoms with E-state index in [4.69, 9.17) is 0 Å². The largest absolute Gasteiger partial charge is 0.264 e. The van der Waals surface area contributed by atoms with Crippen LogP contribution in [0.5, 0.6) is 0 Å². The van der Waals surface area contributed by atoms with Crippen molar-refractivity contribution < 1.29 is 0 Å². The van der Waals surface area contributed by atoms with Crippen molar-refractivity contribution in [2.75, 3.05) is 0 Å². The molecule has 4 aromatic rings. The number of pyridine rings is 2. The average molecular weight is 282 g/mol. The molecule has 0 radical (unpaired) electrons. The zero-order chi connectivity index (χ0) is 14.8. The molecule has 0 N–H and O–H groups in total. The topological polar surface area (TPSA) is 25.8 Å². The van der Waals surface area contributed by atoms with E-state index in [1.165, 1.54) is 16.3 Å². The summed E-state index contributed by atoms with van der Waals surface area (Å²) >= 11 is 0. The molecule has 0 aliphatic rings. The lowest BCUT2D eigenvalue weighted by Crippen LogP contribution is -1.85. The van der Waals surface area contributed by atoms with Gasteiger partial charge >= 0.3 is 0 Å². The maximum atomic E-state index is 4.47. The van der Waals surface area contributed by atoms with Crippen LogP contribution in [0, 0.1) is 0 Å². The first-order valence-corrected chi connectivity index (χ1v) is 7.26. The third-order valence-corrected chi connectivity index (χ3v) is 3.82. The molecule has 0 amide bonds. The van der Waals surface area contributed by atoms with Gasteiger partial charge in [-0.15, -0.1) is 0 Å². The van der Waals surface area contributed by atoms with E-state index in [-0.39, 0.29) is 0 Å². The molecule has 0 saturated heterocycles. The van der Waals surface area contributed by atoms with E-state index in [0.717, 1.165) is 16.8 Å². The Morgan fingerprint density at radius 2 is 1.68 bits per heavy atom. The molecule has 0 spiro atoms. The normalized spacial score (nSPS) is 10.7. The second kappa shape index (κ2) is 5.41.